The minimum Gasteiger partial charge on any atom is -0.247 e. The van der Waals surface area contributed by atoms with Gasteiger partial charge in [0.25, 0.3) is 0 Å². The molecular weight excluding hydrogens is 681 g/mol. The summed E-state index contributed by atoms with van der Waals surface area (Å²) < 4.78 is 0. The van der Waals surface area contributed by atoms with Crippen molar-refractivity contribution in [2.45, 2.75) is 0 Å². The van der Waals surface area contributed by atoms with E-state index in [1.54, 1.807) is 0 Å². The second-order valence-electron chi connectivity index (χ2n) is 14.3. The number of nitrogens with zero attached hydrogens (tertiary/aromatic N) is 4. The van der Waals surface area contributed by atoms with Crippen LogP contribution in [0, 0.1) is 0 Å². The first kappa shape index (κ1) is 31.9. The summed E-state index contributed by atoms with van der Waals surface area (Å²) >= 11 is 0. The summed E-state index contributed by atoms with van der Waals surface area (Å²) in [6, 6.07) is 68.2. The minimum atomic E-state index is 0.629. The Morgan fingerprint density at radius 3 is 1.39 bits per heavy atom. The topological polar surface area (TPSA) is 51.6 Å². The minimum absolute atomic E-state index is 0.629. The number of benzene rings is 9. The van der Waals surface area contributed by atoms with Crippen LogP contribution in [-0.2, 0) is 0 Å². The molecule has 0 atom stereocenters. The lowest BCUT2D eigenvalue weighted by Gasteiger charge is -2.13. The molecule has 0 bridgehead atoms. The Balaban J connectivity index is 1.01. The van der Waals surface area contributed by atoms with E-state index in [1.165, 1.54) is 32.3 Å². The molecule has 0 saturated carbocycles. The molecule has 0 aliphatic heterocycles. The highest BCUT2D eigenvalue weighted by atomic mass is 15.0. The molecule has 56 heavy (non-hydrogen) atoms. The van der Waals surface area contributed by atoms with Crippen LogP contribution in [0.4, 0.5) is 0 Å². The average molecular weight is 713 g/mol. The first-order valence-corrected chi connectivity index (χ1v) is 18.9. The third-order valence-electron chi connectivity index (χ3n) is 10.9. The fraction of sp³-hybridized carbons (Fsp3) is 0. The third kappa shape index (κ3) is 5.55. The zero-order valence-electron chi connectivity index (χ0n) is 30.3. The van der Waals surface area contributed by atoms with Crippen LogP contribution in [0.5, 0.6) is 0 Å². The highest BCUT2D eigenvalue weighted by molar-refractivity contribution is 6.22. The molecule has 2 aromatic heterocycles. The lowest BCUT2D eigenvalue weighted by molar-refractivity contribution is 1.08. The maximum absolute atomic E-state index is 5.21. The molecule has 2 heterocycles. The molecule has 0 aliphatic rings. The zero-order valence-corrected chi connectivity index (χ0v) is 30.3. The smallest absolute Gasteiger partial charge is 0.164 e. The van der Waals surface area contributed by atoms with Crippen LogP contribution in [0.25, 0.3) is 111 Å². The molecular formula is C52H32N4. The average Bonchev–Trinajstić information content (AvgIpc) is 3.28. The number of rotatable bonds is 5. The van der Waals surface area contributed by atoms with Crippen LogP contribution in [0.1, 0.15) is 0 Å². The van der Waals surface area contributed by atoms with Crippen molar-refractivity contribution in [3.05, 3.63) is 194 Å². The molecule has 0 unspecified atom stereocenters. The Morgan fingerprint density at radius 1 is 0.250 bits per heavy atom. The lowest BCUT2D eigenvalue weighted by Crippen LogP contribution is -2.00. The van der Waals surface area contributed by atoms with E-state index in [4.69, 9.17) is 19.9 Å². The second-order valence-corrected chi connectivity index (χ2v) is 14.3. The van der Waals surface area contributed by atoms with Gasteiger partial charge in [0.15, 0.2) is 17.5 Å². The van der Waals surface area contributed by atoms with Gasteiger partial charge in [0.1, 0.15) is 0 Å². The van der Waals surface area contributed by atoms with Gasteiger partial charge in [-0.2, -0.15) is 0 Å². The summed E-state index contributed by atoms with van der Waals surface area (Å²) in [6.07, 6.45) is 0. The van der Waals surface area contributed by atoms with Crippen molar-refractivity contribution < 1.29 is 0 Å². The van der Waals surface area contributed by atoms with E-state index in [1.807, 2.05) is 0 Å². The Labute approximate surface area is 323 Å². The molecule has 4 heteroatoms. The van der Waals surface area contributed by atoms with Crippen molar-refractivity contribution in [3.63, 3.8) is 0 Å². The van der Waals surface area contributed by atoms with Gasteiger partial charge in [-0.15, -0.1) is 0 Å². The van der Waals surface area contributed by atoms with Crippen LogP contribution < -0.4 is 0 Å². The first-order chi connectivity index (χ1) is 27.7. The van der Waals surface area contributed by atoms with E-state index in [0.29, 0.717) is 17.5 Å². The predicted octanol–water partition coefficient (Wildman–Crippen LogP) is 13.4. The quantitative estimate of drug-likeness (QED) is 0.167. The molecule has 0 saturated heterocycles. The first-order valence-electron chi connectivity index (χ1n) is 18.9. The molecule has 0 fully saturated rings. The normalized spacial score (nSPS) is 11.6. The third-order valence-corrected chi connectivity index (χ3v) is 10.9. The summed E-state index contributed by atoms with van der Waals surface area (Å²) in [7, 11) is 0. The Hall–Kier alpha value is -7.56. The van der Waals surface area contributed by atoms with Crippen molar-refractivity contribution in [2.24, 2.45) is 0 Å². The van der Waals surface area contributed by atoms with Gasteiger partial charge in [-0.1, -0.05) is 170 Å². The molecule has 0 amide bonds. The SMILES string of the molecule is c1cc(-c2ccc(-c3nc4ccccc4c4c3ccc3ccccc34)cc2)cc(-c2nc(-c3ccc4ccccc4c3)nc(-c3ccc4ccccc4c3)n2)c1. The van der Waals surface area contributed by atoms with Gasteiger partial charge in [-0.3, -0.25) is 0 Å². The highest BCUT2D eigenvalue weighted by Gasteiger charge is 2.16. The van der Waals surface area contributed by atoms with E-state index in [2.05, 4.69) is 194 Å². The van der Waals surface area contributed by atoms with Crippen LogP contribution in [0.3, 0.4) is 0 Å². The monoisotopic (exact) mass is 712 g/mol. The molecule has 0 radical (unpaired) electrons. The number of hydrogen-bond donors (Lipinski definition) is 0. The van der Waals surface area contributed by atoms with E-state index in [0.717, 1.165) is 60.8 Å². The van der Waals surface area contributed by atoms with Gasteiger partial charge in [-0.25, -0.2) is 19.9 Å². The summed E-state index contributed by atoms with van der Waals surface area (Å²) in [5.41, 5.74) is 8.05. The van der Waals surface area contributed by atoms with Crippen LogP contribution in [0.15, 0.2) is 194 Å². The van der Waals surface area contributed by atoms with E-state index in [-0.39, 0.29) is 0 Å². The van der Waals surface area contributed by atoms with Gasteiger partial charge in [-0.05, 0) is 67.7 Å². The van der Waals surface area contributed by atoms with Gasteiger partial charge in [0, 0.05) is 38.4 Å². The van der Waals surface area contributed by atoms with Crippen LogP contribution in [-0.4, -0.2) is 19.9 Å². The van der Waals surface area contributed by atoms with Gasteiger partial charge < -0.3 is 0 Å². The number of fused-ring (bicyclic) bond motifs is 7. The summed E-state index contributed by atoms with van der Waals surface area (Å²) in [5, 5.41) is 10.7. The summed E-state index contributed by atoms with van der Waals surface area (Å²) in [4.78, 5) is 20.5. The summed E-state index contributed by atoms with van der Waals surface area (Å²) in [6.45, 7) is 0. The van der Waals surface area contributed by atoms with Crippen LogP contribution >= 0.6 is 0 Å². The van der Waals surface area contributed by atoms with Crippen molar-refractivity contribution in [1.29, 1.82) is 0 Å². The van der Waals surface area contributed by atoms with Crippen molar-refractivity contribution >= 4 is 54.0 Å². The molecule has 9 aromatic carbocycles. The molecule has 11 aromatic rings. The Kier molecular flexibility index (Phi) is 7.46. The van der Waals surface area contributed by atoms with E-state index >= 15 is 0 Å². The van der Waals surface area contributed by atoms with E-state index in [9.17, 15) is 0 Å². The zero-order chi connectivity index (χ0) is 37.0. The summed E-state index contributed by atoms with van der Waals surface area (Å²) in [5.74, 6) is 1.91. The molecule has 260 valence electrons. The largest absolute Gasteiger partial charge is 0.247 e. The molecule has 11 rings (SSSR count). The van der Waals surface area contributed by atoms with Crippen molar-refractivity contribution in [3.8, 4) is 56.5 Å². The number of aromatic nitrogens is 4. The van der Waals surface area contributed by atoms with Gasteiger partial charge in [0.05, 0.1) is 11.2 Å². The molecule has 0 N–H and O–H groups in total. The molecule has 0 aliphatic carbocycles. The number of para-hydroxylation sites is 1. The molecule has 4 nitrogen and oxygen atoms in total. The molecule has 0 spiro atoms. The second kappa shape index (κ2) is 13.1. The van der Waals surface area contributed by atoms with Gasteiger partial charge in [0.2, 0.25) is 0 Å². The van der Waals surface area contributed by atoms with Gasteiger partial charge >= 0.3 is 0 Å². The number of pyridine rings is 1. The maximum atomic E-state index is 5.21. The Bertz CT molecular complexity index is 3200. The predicted molar refractivity (Wildman–Crippen MR) is 232 cm³/mol. The Morgan fingerprint density at radius 2 is 0.732 bits per heavy atom. The highest BCUT2D eigenvalue weighted by Crippen LogP contribution is 2.38. The van der Waals surface area contributed by atoms with Crippen molar-refractivity contribution in [1.82, 2.24) is 19.9 Å². The standard InChI is InChI=1S/C52H32N4/c1-3-13-38-31-42(26-22-33(38)10-1)51-54-50(55-52(56-51)43-27-23-34-11-2-4-14-39(34)32-43)41-16-9-15-40(30-41)35-20-24-37(25-21-35)49-46-29-28-36-12-5-6-17-44(36)48(46)45-18-7-8-19-47(45)53-49/h1-32H. The van der Waals surface area contributed by atoms with E-state index < -0.39 is 0 Å². The van der Waals surface area contributed by atoms with Crippen LogP contribution in [0.2, 0.25) is 0 Å². The lowest BCUT2D eigenvalue weighted by atomic mass is 9.94. The van der Waals surface area contributed by atoms with Crippen molar-refractivity contribution in [2.75, 3.05) is 0 Å². The number of hydrogen-bond acceptors (Lipinski definition) is 4. The maximum Gasteiger partial charge on any atom is 0.164 e. The fourth-order valence-electron chi connectivity index (χ4n) is 8.02. The fourth-order valence-corrected chi connectivity index (χ4v) is 8.02.